The van der Waals surface area contributed by atoms with Crippen LogP contribution in [0.5, 0.6) is 0 Å². The topological polar surface area (TPSA) is 77.9 Å². The van der Waals surface area contributed by atoms with Gasteiger partial charge in [-0.05, 0) is 61.8 Å². The Bertz CT molecular complexity index is 772. The molecule has 1 N–H and O–H groups in total. The summed E-state index contributed by atoms with van der Waals surface area (Å²) in [6.07, 6.45) is 2.63. The van der Waals surface area contributed by atoms with Crippen LogP contribution < -0.4 is 0 Å². The second-order valence-electron chi connectivity index (χ2n) is 7.42. The van der Waals surface area contributed by atoms with Crippen molar-refractivity contribution in [2.45, 2.75) is 57.1 Å². The first kappa shape index (κ1) is 19.3. The van der Waals surface area contributed by atoms with E-state index < -0.39 is 16.1 Å². The van der Waals surface area contributed by atoms with Gasteiger partial charge in [0.25, 0.3) is 5.91 Å². The van der Waals surface area contributed by atoms with Crippen LogP contribution in [0.1, 0.15) is 44.2 Å². The van der Waals surface area contributed by atoms with Gasteiger partial charge < -0.3 is 10.0 Å². The second-order valence-corrected chi connectivity index (χ2v) is 9.36. The number of rotatable bonds is 7. The molecular formula is C19H28N2O4S. The molecule has 1 fully saturated rings. The van der Waals surface area contributed by atoms with Crippen LogP contribution in [0.15, 0.2) is 23.1 Å². The molecule has 3 rings (SSSR count). The average molecular weight is 381 g/mol. The number of hydrogen-bond donors (Lipinski definition) is 1. The van der Waals surface area contributed by atoms with Crippen molar-refractivity contribution < 1.29 is 18.3 Å². The number of aliphatic hydroxyl groups is 1. The summed E-state index contributed by atoms with van der Waals surface area (Å²) in [6.45, 7) is 5.55. The van der Waals surface area contributed by atoms with Crippen molar-refractivity contribution >= 4 is 15.9 Å². The zero-order valence-electron chi connectivity index (χ0n) is 15.5. The molecule has 7 heteroatoms. The molecule has 1 aliphatic heterocycles. The molecule has 0 saturated heterocycles. The highest BCUT2D eigenvalue weighted by Gasteiger charge is 2.32. The maximum atomic E-state index is 13.1. The van der Waals surface area contributed by atoms with E-state index >= 15 is 0 Å². The smallest absolute Gasteiger partial charge is 0.251 e. The second kappa shape index (κ2) is 7.66. The molecule has 144 valence electrons. The highest BCUT2D eigenvalue weighted by atomic mass is 32.2. The van der Waals surface area contributed by atoms with Gasteiger partial charge >= 0.3 is 0 Å². The number of hydrogen-bond acceptors (Lipinski definition) is 4. The first-order chi connectivity index (χ1) is 12.3. The van der Waals surface area contributed by atoms with Crippen molar-refractivity contribution in [1.29, 1.82) is 0 Å². The normalized spacial score (nSPS) is 18.7. The van der Waals surface area contributed by atoms with E-state index in [0.29, 0.717) is 43.4 Å². The first-order valence-corrected chi connectivity index (χ1v) is 10.9. The number of nitrogens with zero attached hydrogens (tertiary/aromatic N) is 2. The van der Waals surface area contributed by atoms with Crippen LogP contribution in [0, 0.1) is 5.92 Å². The van der Waals surface area contributed by atoms with Gasteiger partial charge in [-0.1, -0.05) is 13.0 Å². The van der Waals surface area contributed by atoms with Gasteiger partial charge in [0.05, 0.1) is 4.90 Å². The molecule has 6 nitrogen and oxygen atoms in total. The number of benzene rings is 1. The van der Waals surface area contributed by atoms with Gasteiger partial charge in [-0.15, -0.1) is 0 Å². The van der Waals surface area contributed by atoms with Gasteiger partial charge in [-0.3, -0.25) is 4.79 Å². The highest BCUT2D eigenvalue weighted by molar-refractivity contribution is 7.89. The number of fused-ring (bicyclic) bond motifs is 1. The van der Waals surface area contributed by atoms with E-state index in [4.69, 9.17) is 0 Å². The fourth-order valence-electron chi connectivity index (χ4n) is 3.44. The summed E-state index contributed by atoms with van der Waals surface area (Å²) in [5, 5.41) is 9.48. The molecule has 0 spiro atoms. The zero-order chi connectivity index (χ0) is 18.9. The van der Waals surface area contributed by atoms with Gasteiger partial charge in [0.2, 0.25) is 10.0 Å². The van der Waals surface area contributed by atoms with Crippen molar-refractivity contribution in [3.05, 3.63) is 29.3 Å². The first-order valence-electron chi connectivity index (χ1n) is 9.41. The number of carbonyl (C=O) groups excluding carboxylic acids is 1. The van der Waals surface area contributed by atoms with Crippen LogP contribution in [-0.2, 0) is 27.8 Å². The van der Waals surface area contributed by atoms with E-state index in [-0.39, 0.29) is 5.91 Å². The summed E-state index contributed by atoms with van der Waals surface area (Å²) in [6, 6.07) is 5.23. The van der Waals surface area contributed by atoms with Crippen molar-refractivity contribution in [3.63, 3.8) is 0 Å². The minimum Gasteiger partial charge on any atom is -0.384 e. The predicted octanol–water partition coefficient (Wildman–Crippen LogP) is 1.76. The molecular weight excluding hydrogens is 352 g/mol. The molecule has 2 aliphatic rings. The summed E-state index contributed by atoms with van der Waals surface area (Å²) >= 11 is 0. The molecule has 1 amide bonds. The Kier molecular flexibility index (Phi) is 5.69. The van der Waals surface area contributed by atoms with Gasteiger partial charge in [-0.25, -0.2) is 8.42 Å². The van der Waals surface area contributed by atoms with Gasteiger partial charge in [-0.2, -0.15) is 4.31 Å². The molecule has 0 bridgehead atoms. The van der Waals surface area contributed by atoms with E-state index in [1.807, 2.05) is 13.0 Å². The third kappa shape index (κ3) is 4.10. The molecule has 0 unspecified atom stereocenters. The van der Waals surface area contributed by atoms with Crippen LogP contribution in [0.4, 0.5) is 0 Å². The van der Waals surface area contributed by atoms with Gasteiger partial charge in [0.15, 0.2) is 0 Å². The lowest BCUT2D eigenvalue weighted by Crippen LogP contribution is -2.41. The van der Waals surface area contributed by atoms with Gasteiger partial charge in [0, 0.05) is 26.2 Å². The van der Waals surface area contributed by atoms with Crippen molar-refractivity contribution in [2.24, 2.45) is 5.92 Å². The highest BCUT2D eigenvalue weighted by Crippen LogP contribution is 2.32. The molecule has 1 aromatic rings. The largest absolute Gasteiger partial charge is 0.384 e. The molecule has 1 saturated carbocycles. The number of amides is 1. The Morgan fingerprint density at radius 2 is 2.08 bits per heavy atom. The number of aliphatic hydroxyl groups excluding tert-OH is 1. The SMILES string of the molecule is CCCN(CC1CC1)S(=O)(=O)c1ccc2c(c1)CCN(C(=O)[C@@H](C)O)C2. The molecule has 1 atom stereocenters. The predicted molar refractivity (Wildman–Crippen MR) is 99.0 cm³/mol. The molecule has 0 aromatic heterocycles. The lowest BCUT2D eigenvalue weighted by molar-refractivity contribution is -0.140. The van der Waals surface area contributed by atoms with Crippen LogP contribution in [0.2, 0.25) is 0 Å². The maximum Gasteiger partial charge on any atom is 0.251 e. The molecule has 1 aliphatic carbocycles. The lowest BCUT2D eigenvalue weighted by Gasteiger charge is -2.30. The Morgan fingerprint density at radius 1 is 1.35 bits per heavy atom. The van der Waals surface area contributed by atoms with Crippen LogP contribution in [-0.4, -0.2) is 54.4 Å². The summed E-state index contributed by atoms with van der Waals surface area (Å²) < 4.78 is 27.7. The van der Waals surface area contributed by atoms with E-state index in [1.165, 1.54) is 6.92 Å². The number of carbonyl (C=O) groups is 1. The third-order valence-electron chi connectivity index (χ3n) is 5.13. The summed E-state index contributed by atoms with van der Waals surface area (Å²) in [4.78, 5) is 13.9. The molecule has 1 aromatic carbocycles. The minimum atomic E-state index is -3.48. The lowest BCUT2D eigenvalue weighted by atomic mass is 9.99. The summed E-state index contributed by atoms with van der Waals surface area (Å²) in [5.41, 5.74) is 1.93. The van der Waals surface area contributed by atoms with Gasteiger partial charge in [0.1, 0.15) is 6.10 Å². The minimum absolute atomic E-state index is 0.286. The maximum absolute atomic E-state index is 13.1. The fraction of sp³-hybridized carbons (Fsp3) is 0.632. The monoisotopic (exact) mass is 380 g/mol. The zero-order valence-corrected chi connectivity index (χ0v) is 16.3. The number of sulfonamides is 1. The average Bonchev–Trinajstić information content (AvgIpc) is 3.43. The molecule has 1 heterocycles. The Morgan fingerprint density at radius 3 is 2.69 bits per heavy atom. The molecule has 26 heavy (non-hydrogen) atoms. The fourth-order valence-corrected chi connectivity index (χ4v) is 5.10. The summed E-state index contributed by atoms with van der Waals surface area (Å²) in [7, 11) is -3.48. The Labute approximate surface area is 155 Å². The summed E-state index contributed by atoms with van der Waals surface area (Å²) in [5.74, 6) is 0.222. The van der Waals surface area contributed by atoms with E-state index in [0.717, 1.165) is 30.4 Å². The van der Waals surface area contributed by atoms with E-state index in [9.17, 15) is 18.3 Å². The van der Waals surface area contributed by atoms with Crippen LogP contribution in [0.25, 0.3) is 0 Å². The Balaban J connectivity index is 1.81. The van der Waals surface area contributed by atoms with Crippen molar-refractivity contribution in [1.82, 2.24) is 9.21 Å². The van der Waals surface area contributed by atoms with Crippen LogP contribution >= 0.6 is 0 Å². The third-order valence-corrected chi connectivity index (χ3v) is 6.99. The van der Waals surface area contributed by atoms with Crippen molar-refractivity contribution in [2.75, 3.05) is 19.6 Å². The van der Waals surface area contributed by atoms with E-state index in [2.05, 4.69) is 0 Å². The Hall–Kier alpha value is -1.44. The standard InChI is InChI=1S/C19H28N2O4S/c1-3-9-21(12-15-4-5-15)26(24,25)18-7-6-17-13-20(19(23)14(2)22)10-8-16(17)11-18/h6-7,11,14-15,22H,3-5,8-10,12-13H2,1-2H3/t14-/m1/s1. The van der Waals surface area contributed by atoms with Crippen molar-refractivity contribution in [3.8, 4) is 0 Å². The quantitative estimate of drug-likeness (QED) is 0.782. The van der Waals surface area contributed by atoms with E-state index in [1.54, 1.807) is 21.3 Å². The van der Waals surface area contributed by atoms with Crippen LogP contribution in [0.3, 0.4) is 0 Å². The molecule has 0 radical (unpaired) electrons.